The maximum Gasteiger partial charge on any atom is 0.416 e. The van der Waals surface area contributed by atoms with Gasteiger partial charge in [-0.3, -0.25) is 24.6 Å². The van der Waals surface area contributed by atoms with Gasteiger partial charge in [-0.15, -0.1) is 0 Å². The lowest BCUT2D eigenvalue weighted by molar-refractivity contribution is -0.385. The van der Waals surface area contributed by atoms with E-state index in [4.69, 9.17) is 16.3 Å². The Balaban J connectivity index is 1.62. The SMILES string of the molecule is O=C1S/C(=C\c2ccccc2Oc2ccc(C(F)(F)F)cc2[N+](=O)[O-])C(=O)N1Cc1ccc(Cl)cc1. The van der Waals surface area contributed by atoms with Gasteiger partial charge in [0.2, 0.25) is 5.75 Å². The fourth-order valence-electron chi connectivity index (χ4n) is 3.28. The molecule has 3 aromatic carbocycles. The largest absolute Gasteiger partial charge is 0.449 e. The third-order valence-corrected chi connectivity index (χ3v) is 6.20. The van der Waals surface area contributed by atoms with E-state index in [1.807, 2.05) is 0 Å². The summed E-state index contributed by atoms with van der Waals surface area (Å²) in [5.41, 5.74) is -1.07. The molecule has 0 N–H and O–H groups in total. The van der Waals surface area contributed by atoms with Crippen LogP contribution < -0.4 is 4.74 Å². The highest BCUT2D eigenvalue weighted by Crippen LogP contribution is 2.40. The molecule has 1 heterocycles. The third kappa shape index (κ3) is 5.52. The van der Waals surface area contributed by atoms with Crippen molar-refractivity contribution in [3.8, 4) is 11.5 Å². The van der Waals surface area contributed by atoms with E-state index in [0.29, 0.717) is 40.0 Å². The predicted octanol–water partition coefficient (Wildman–Crippen LogP) is 7.30. The van der Waals surface area contributed by atoms with Gasteiger partial charge in [-0.25, -0.2) is 0 Å². The first-order valence-electron chi connectivity index (χ1n) is 10.2. The van der Waals surface area contributed by atoms with Gasteiger partial charge in [0.05, 0.1) is 21.9 Å². The molecule has 7 nitrogen and oxygen atoms in total. The normalized spacial score (nSPS) is 15.0. The first kappa shape index (κ1) is 25.3. The third-order valence-electron chi connectivity index (χ3n) is 5.04. The van der Waals surface area contributed by atoms with Crippen LogP contribution in [0.25, 0.3) is 6.08 Å². The smallest absolute Gasteiger partial charge is 0.416 e. The Kier molecular flexibility index (Phi) is 7.04. The van der Waals surface area contributed by atoms with E-state index < -0.39 is 39.2 Å². The summed E-state index contributed by atoms with van der Waals surface area (Å²) in [6, 6.07) is 14.7. The summed E-state index contributed by atoms with van der Waals surface area (Å²) in [7, 11) is 0. The van der Waals surface area contributed by atoms with Crippen molar-refractivity contribution >= 4 is 46.3 Å². The second kappa shape index (κ2) is 10.0. The number of imide groups is 1. The fraction of sp³-hybridized carbons (Fsp3) is 0.0833. The zero-order chi connectivity index (χ0) is 26.0. The molecule has 1 aliphatic rings. The molecule has 0 radical (unpaired) electrons. The summed E-state index contributed by atoms with van der Waals surface area (Å²) in [6.45, 7) is 0.0368. The van der Waals surface area contributed by atoms with Crippen LogP contribution in [-0.4, -0.2) is 21.0 Å². The zero-order valence-electron chi connectivity index (χ0n) is 18.0. The summed E-state index contributed by atoms with van der Waals surface area (Å²) >= 11 is 6.58. The van der Waals surface area contributed by atoms with Gasteiger partial charge in [-0.1, -0.05) is 41.9 Å². The van der Waals surface area contributed by atoms with Crippen LogP contribution in [0.4, 0.5) is 23.7 Å². The number of nitro groups is 1. The number of nitrogens with zero attached hydrogens (tertiary/aromatic N) is 2. The molecule has 0 spiro atoms. The Labute approximate surface area is 211 Å². The molecule has 12 heteroatoms. The first-order chi connectivity index (χ1) is 17.0. The molecular weight excluding hydrogens is 521 g/mol. The number of hydrogen-bond donors (Lipinski definition) is 0. The van der Waals surface area contributed by atoms with E-state index in [1.165, 1.54) is 12.1 Å². The standard InChI is InChI=1S/C24H14ClF3N2O5S/c25-17-8-5-14(6-9-17)13-29-22(31)21(36-23(29)32)11-15-3-1-2-4-19(15)35-20-10-7-16(24(26,27)28)12-18(20)30(33)34/h1-12H,13H2/b21-11-. The molecule has 2 amide bonds. The van der Waals surface area contributed by atoms with Crippen LogP contribution in [0.15, 0.2) is 71.6 Å². The summed E-state index contributed by atoms with van der Waals surface area (Å²) in [5, 5.41) is 11.4. The molecular formula is C24H14ClF3N2O5S. The second-order valence-corrected chi connectivity index (χ2v) is 8.90. The molecule has 1 aliphatic heterocycles. The Morgan fingerprint density at radius 3 is 2.39 bits per heavy atom. The van der Waals surface area contributed by atoms with Gasteiger partial charge < -0.3 is 4.74 Å². The number of thioether (sulfide) groups is 1. The molecule has 0 bridgehead atoms. The quantitative estimate of drug-likeness (QED) is 0.187. The van der Waals surface area contributed by atoms with Crippen molar-refractivity contribution in [1.82, 2.24) is 4.90 Å². The minimum absolute atomic E-state index is 0.0368. The highest BCUT2D eigenvalue weighted by Gasteiger charge is 2.36. The average molecular weight is 535 g/mol. The van der Waals surface area contributed by atoms with Crippen LogP contribution >= 0.6 is 23.4 Å². The molecule has 3 aromatic rings. The first-order valence-corrected chi connectivity index (χ1v) is 11.3. The highest BCUT2D eigenvalue weighted by molar-refractivity contribution is 8.18. The number of carbonyl (C=O) groups excluding carboxylic acids is 2. The summed E-state index contributed by atoms with van der Waals surface area (Å²) in [5.74, 6) is -0.912. The van der Waals surface area contributed by atoms with Gasteiger partial charge in [0.15, 0.2) is 0 Å². The van der Waals surface area contributed by atoms with Crippen molar-refractivity contribution in [3.05, 3.63) is 103 Å². The molecule has 0 saturated carbocycles. The Hall–Kier alpha value is -3.83. The number of hydrogen-bond acceptors (Lipinski definition) is 6. The van der Waals surface area contributed by atoms with Crippen LogP contribution in [-0.2, 0) is 17.5 Å². The van der Waals surface area contributed by atoms with E-state index in [9.17, 15) is 32.9 Å². The predicted molar refractivity (Wildman–Crippen MR) is 128 cm³/mol. The number of para-hydroxylation sites is 1. The number of carbonyl (C=O) groups is 2. The van der Waals surface area contributed by atoms with Crippen LogP contribution in [0.3, 0.4) is 0 Å². The molecule has 1 saturated heterocycles. The van der Waals surface area contributed by atoms with Crippen molar-refractivity contribution in [1.29, 1.82) is 0 Å². The molecule has 36 heavy (non-hydrogen) atoms. The van der Waals surface area contributed by atoms with Gasteiger partial charge in [0.1, 0.15) is 5.75 Å². The van der Waals surface area contributed by atoms with Gasteiger partial charge >= 0.3 is 11.9 Å². The van der Waals surface area contributed by atoms with Gasteiger partial charge in [-0.05, 0) is 53.7 Å². The topological polar surface area (TPSA) is 89.7 Å². The van der Waals surface area contributed by atoms with Crippen LogP contribution in [0.2, 0.25) is 5.02 Å². The number of halogens is 4. The molecule has 184 valence electrons. The van der Waals surface area contributed by atoms with E-state index in [1.54, 1.807) is 42.5 Å². The Bertz CT molecular complexity index is 1390. The van der Waals surface area contributed by atoms with Gasteiger partial charge in [0, 0.05) is 16.7 Å². The Morgan fingerprint density at radius 1 is 1.03 bits per heavy atom. The van der Waals surface area contributed by atoms with Crippen LogP contribution in [0, 0.1) is 10.1 Å². The highest BCUT2D eigenvalue weighted by atomic mass is 35.5. The van der Waals surface area contributed by atoms with E-state index in [2.05, 4.69) is 0 Å². The van der Waals surface area contributed by atoms with Gasteiger partial charge in [0.25, 0.3) is 11.1 Å². The minimum Gasteiger partial charge on any atom is -0.449 e. The second-order valence-electron chi connectivity index (χ2n) is 7.47. The molecule has 1 fully saturated rings. The van der Waals surface area contributed by atoms with E-state index in [0.717, 1.165) is 11.0 Å². The van der Waals surface area contributed by atoms with Crippen molar-refractivity contribution in [2.45, 2.75) is 12.7 Å². The Morgan fingerprint density at radius 2 is 1.72 bits per heavy atom. The maximum atomic E-state index is 13.0. The van der Waals surface area contributed by atoms with Crippen molar-refractivity contribution in [2.75, 3.05) is 0 Å². The molecule has 0 atom stereocenters. The molecule has 4 rings (SSSR count). The molecule has 0 aromatic heterocycles. The van der Waals surface area contributed by atoms with Crippen molar-refractivity contribution in [3.63, 3.8) is 0 Å². The van der Waals surface area contributed by atoms with Crippen molar-refractivity contribution in [2.24, 2.45) is 0 Å². The van der Waals surface area contributed by atoms with Crippen LogP contribution in [0.5, 0.6) is 11.5 Å². The number of benzene rings is 3. The fourth-order valence-corrected chi connectivity index (χ4v) is 4.24. The minimum atomic E-state index is -4.77. The van der Waals surface area contributed by atoms with E-state index in [-0.39, 0.29) is 17.2 Å². The number of ether oxygens (including phenoxy) is 1. The lowest BCUT2D eigenvalue weighted by atomic mass is 10.1. The summed E-state index contributed by atoms with van der Waals surface area (Å²) in [6.07, 6.45) is -3.38. The number of alkyl halides is 3. The maximum absolute atomic E-state index is 13.0. The number of amides is 2. The zero-order valence-corrected chi connectivity index (χ0v) is 19.6. The average Bonchev–Trinajstić information content (AvgIpc) is 3.08. The van der Waals surface area contributed by atoms with E-state index >= 15 is 0 Å². The number of rotatable bonds is 6. The van der Waals surface area contributed by atoms with Crippen LogP contribution in [0.1, 0.15) is 16.7 Å². The summed E-state index contributed by atoms with van der Waals surface area (Å²) < 4.78 is 44.6. The molecule has 0 unspecified atom stereocenters. The monoisotopic (exact) mass is 534 g/mol. The van der Waals surface area contributed by atoms with Gasteiger partial charge in [-0.2, -0.15) is 13.2 Å². The lowest BCUT2D eigenvalue weighted by Crippen LogP contribution is -2.27. The summed E-state index contributed by atoms with van der Waals surface area (Å²) in [4.78, 5) is 36.9. The lowest BCUT2D eigenvalue weighted by Gasteiger charge is -2.13. The van der Waals surface area contributed by atoms with Crippen molar-refractivity contribution < 1.29 is 32.4 Å². The number of nitro benzene ring substituents is 1. The molecule has 0 aliphatic carbocycles.